The fourth-order valence-electron chi connectivity index (χ4n) is 1.28. The Kier molecular flexibility index (Phi) is 11.2. The number of unbranched alkanes of at least 4 members (excludes halogenated alkanes) is 1. The number of hydrogen-bond acceptors (Lipinski definition) is 6. The van der Waals surface area contributed by atoms with Crippen molar-refractivity contribution < 1.29 is 24.5 Å². The quantitative estimate of drug-likeness (QED) is 0.325. The van der Waals surface area contributed by atoms with Gasteiger partial charge >= 0.3 is 11.9 Å². The van der Waals surface area contributed by atoms with Gasteiger partial charge in [-0.25, -0.2) is 9.59 Å². The molecule has 0 aliphatic rings. The van der Waals surface area contributed by atoms with Gasteiger partial charge in [0.05, 0.1) is 17.7 Å². The van der Waals surface area contributed by atoms with E-state index in [1.54, 1.807) is 0 Å². The maximum absolute atomic E-state index is 11.3. The van der Waals surface area contributed by atoms with Crippen LogP contribution in [0.3, 0.4) is 0 Å². The van der Waals surface area contributed by atoms with E-state index in [4.69, 9.17) is 26.1 Å². The molecule has 0 heterocycles. The molecule has 0 spiro atoms. The molecule has 0 saturated carbocycles. The van der Waals surface area contributed by atoms with Crippen LogP contribution in [0, 0.1) is 5.41 Å². The van der Waals surface area contributed by atoms with Crippen LogP contribution in [0.1, 0.15) is 40.0 Å². The average molecular weight is 310 g/mol. The number of aromatic carboxylic acids is 1. The van der Waals surface area contributed by atoms with Gasteiger partial charge in [0.25, 0.3) is 0 Å². The number of ether oxygens (including phenoxy) is 1. The van der Waals surface area contributed by atoms with Crippen LogP contribution >= 0.6 is 0 Å². The van der Waals surface area contributed by atoms with Crippen LogP contribution in [0.25, 0.3) is 0 Å². The van der Waals surface area contributed by atoms with Crippen LogP contribution in [0.15, 0.2) is 24.3 Å². The lowest BCUT2D eigenvalue weighted by Gasteiger charge is -2.03. The normalized spacial score (nSPS) is 9.36. The number of esters is 1. The second-order valence-corrected chi connectivity index (χ2v) is 4.23. The van der Waals surface area contributed by atoms with Gasteiger partial charge in [-0.15, -0.1) is 0 Å². The van der Waals surface area contributed by atoms with E-state index in [0.717, 1.165) is 12.8 Å². The molecule has 122 valence electrons. The van der Waals surface area contributed by atoms with E-state index in [1.807, 2.05) is 0 Å². The summed E-state index contributed by atoms with van der Waals surface area (Å²) in [4.78, 5) is 21.9. The molecule has 0 atom stereocenters. The Morgan fingerprint density at radius 1 is 1.18 bits per heavy atom. The second-order valence-electron chi connectivity index (χ2n) is 4.23. The minimum atomic E-state index is -1.04. The van der Waals surface area contributed by atoms with E-state index in [9.17, 15) is 9.59 Å². The number of benzene rings is 1. The average Bonchev–Trinajstić information content (AvgIpc) is 2.53. The summed E-state index contributed by atoms with van der Waals surface area (Å²) in [5.74, 6) is -1.56. The van der Waals surface area contributed by atoms with Crippen molar-refractivity contribution in [3.8, 4) is 0 Å². The largest absolute Gasteiger partial charge is 0.478 e. The van der Waals surface area contributed by atoms with E-state index in [2.05, 4.69) is 0 Å². The molecule has 22 heavy (non-hydrogen) atoms. The maximum atomic E-state index is 11.3. The van der Waals surface area contributed by atoms with Crippen molar-refractivity contribution in [2.24, 2.45) is 5.73 Å². The van der Waals surface area contributed by atoms with Gasteiger partial charge in [-0.3, -0.25) is 0 Å². The Morgan fingerprint density at radius 2 is 1.77 bits per heavy atom. The SMILES string of the molecule is N=CCCCN.O=C(O)c1ccc(C(=O)OCCCO)cc1. The summed E-state index contributed by atoms with van der Waals surface area (Å²) >= 11 is 0. The Morgan fingerprint density at radius 3 is 2.18 bits per heavy atom. The smallest absolute Gasteiger partial charge is 0.338 e. The summed E-state index contributed by atoms with van der Waals surface area (Å²) < 4.78 is 4.82. The minimum Gasteiger partial charge on any atom is -0.478 e. The van der Waals surface area contributed by atoms with Gasteiger partial charge < -0.3 is 26.1 Å². The molecule has 1 aromatic rings. The highest BCUT2D eigenvalue weighted by atomic mass is 16.5. The van der Waals surface area contributed by atoms with Crippen LogP contribution in [-0.4, -0.2) is 48.1 Å². The summed E-state index contributed by atoms with van der Waals surface area (Å²) in [5, 5.41) is 23.7. The number of carboxylic acids is 1. The van der Waals surface area contributed by atoms with Gasteiger partial charge in [0.1, 0.15) is 0 Å². The number of hydrogen-bond donors (Lipinski definition) is 4. The zero-order valence-electron chi connectivity index (χ0n) is 12.3. The molecule has 0 bridgehead atoms. The lowest BCUT2D eigenvalue weighted by atomic mass is 10.1. The van der Waals surface area contributed by atoms with Crippen molar-refractivity contribution in [1.82, 2.24) is 0 Å². The van der Waals surface area contributed by atoms with Gasteiger partial charge in [0.15, 0.2) is 0 Å². The Hall–Kier alpha value is -2.25. The highest BCUT2D eigenvalue weighted by Crippen LogP contribution is 2.06. The summed E-state index contributed by atoms with van der Waals surface area (Å²) in [6.45, 7) is 0.816. The van der Waals surface area contributed by atoms with Gasteiger partial charge in [0, 0.05) is 13.0 Å². The summed E-state index contributed by atoms with van der Waals surface area (Å²) in [6, 6.07) is 5.46. The Bertz CT molecular complexity index is 460. The van der Waals surface area contributed by atoms with Crippen LogP contribution < -0.4 is 5.73 Å². The molecule has 7 heteroatoms. The Balaban J connectivity index is 0.000000626. The molecule has 0 fully saturated rings. The fourth-order valence-corrected chi connectivity index (χ4v) is 1.28. The summed E-state index contributed by atoms with van der Waals surface area (Å²) in [7, 11) is 0. The number of aliphatic hydroxyl groups excluding tert-OH is 1. The molecular weight excluding hydrogens is 288 g/mol. The molecule has 0 aliphatic heterocycles. The van der Waals surface area contributed by atoms with E-state index in [-0.39, 0.29) is 18.8 Å². The molecule has 0 aromatic heterocycles. The molecule has 0 radical (unpaired) electrons. The van der Waals surface area contributed by atoms with Crippen molar-refractivity contribution in [2.75, 3.05) is 19.8 Å². The lowest BCUT2D eigenvalue weighted by Crippen LogP contribution is -2.08. The highest BCUT2D eigenvalue weighted by molar-refractivity contribution is 5.92. The zero-order chi connectivity index (χ0) is 16.8. The molecule has 5 N–H and O–H groups in total. The molecule has 1 rings (SSSR count). The third-order valence-corrected chi connectivity index (χ3v) is 2.46. The molecule has 0 unspecified atom stereocenters. The van der Waals surface area contributed by atoms with Crippen molar-refractivity contribution in [3.63, 3.8) is 0 Å². The van der Waals surface area contributed by atoms with Crippen LogP contribution in [0.2, 0.25) is 0 Å². The minimum absolute atomic E-state index is 0.0365. The predicted molar refractivity (Wildman–Crippen MR) is 82.5 cm³/mol. The van der Waals surface area contributed by atoms with Gasteiger partial charge in [-0.2, -0.15) is 0 Å². The number of carboxylic acid groups (broad SMARTS) is 1. The van der Waals surface area contributed by atoms with Crippen molar-refractivity contribution in [2.45, 2.75) is 19.3 Å². The van der Waals surface area contributed by atoms with E-state index in [1.165, 1.54) is 30.5 Å². The van der Waals surface area contributed by atoms with E-state index < -0.39 is 11.9 Å². The molecule has 0 amide bonds. The number of aliphatic hydroxyl groups is 1. The van der Waals surface area contributed by atoms with Crippen LogP contribution in [-0.2, 0) is 4.74 Å². The molecule has 7 nitrogen and oxygen atoms in total. The lowest BCUT2D eigenvalue weighted by molar-refractivity contribution is 0.0481. The first-order valence-electron chi connectivity index (χ1n) is 6.87. The molecule has 0 aliphatic carbocycles. The summed E-state index contributed by atoms with van der Waals surface area (Å²) in [5.41, 5.74) is 5.52. The monoisotopic (exact) mass is 310 g/mol. The fraction of sp³-hybridized carbons (Fsp3) is 0.400. The number of carbonyl (C=O) groups is 2. The van der Waals surface area contributed by atoms with Gasteiger partial charge in [-0.1, -0.05) is 0 Å². The molecule has 0 saturated heterocycles. The maximum Gasteiger partial charge on any atom is 0.338 e. The highest BCUT2D eigenvalue weighted by Gasteiger charge is 2.08. The van der Waals surface area contributed by atoms with Gasteiger partial charge in [0.2, 0.25) is 0 Å². The first kappa shape index (κ1) is 19.8. The van der Waals surface area contributed by atoms with E-state index >= 15 is 0 Å². The first-order valence-corrected chi connectivity index (χ1v) is 6.87. The number of nitrogens with two attached hydrogens (primary N) is 1. The Labute approximate surface area is 129 Å². The van der Waals surface area contributed by atoms with Crippen molar-refractivity contribution in [3.05, 3.63) is 35.4 Å². The third-order valence-electron chi connectivity index (χ3n) is 2.46. The van der Waals surface area contributed by atoms with Crippen molar-refractivity contribution in [1.29, 1.82) is 5.41 Å². The zero-order valence-corrected chi connectivity index (χ0v) is 12.3. The summed E-state index contributed by atoms with van der Waals surface area (Å²) in [6.07, 6.45) is 3.55. The molecular formula is C15H22N2O5. The standard InChI is InChI=1S/C11H12O5.C4H10N2/c12-6-1-7-16-11(15)9-4-2-8(3-5-9)10(13)14;5-3-1-2-4-6/h2-5,12H,1,6-7H2,(H,13,14);3,5H,1-2,4,6H2. The predicted octanol–water partition coefficient (Wildman–Crippen LogP) is 1.30. The van der Waals surface area contributed by atoms with E-state index in [0.29, 0.717) is 18.5 Å². The van der Waals surface area contributed by atoms with Crippen LogP contribution in [0.5, 0.6) is 0 Å². The van der Waals surface area contributed by atoms with Gasteiger partial charge in [-0.05, 0) is 49.9 Å². The number of carbonyl (C=O) groups excluding carboxylic acids is 1. The third kappa shape index (κ3) is 8.83. The number of rotatable bonds is 8. The topological polar surface area (TPSA) is 134 Å². The second kappa shape index (κ2) is 12.5. The number of nitrogens with one attached hydrogen (secondary N) is 1. The molecule has 1 aromatic carbocycles. The first-order chi connectivity index (χ1) is 10.6. The van der Waals surface area contributed by atoms with Crippen LogP contribution in [0.4, 0.5) is 0 Å². The van der Waals surface area contributed by atoms with Crippen molar-refractivity contribution >= 4 is 18.2 Å².